The standard InChI is InChI=1S/C9H8BrNO4/c10-7-5-6(2-4-9(12)13)1-3-8(7)11(14)15/h1,3,5H,2,4H2,(H,12,13). The summed E-state index contributed by atoms with van der Waals surface area (Å²) in [7, 11) is 0. The van der Waals surface area contributed by atoms with E-state index in [0.717, 1.165) is 5.56 Å². The van der Waals surface area contributed by atoms with Crippen LogP contribution in [0.5, 0.6) is 0 Å². The lowest BCUT2D eigenvalue weighted by molar-refractivity contribution is -0.385. The molecule has 0 fully saturated rings. The Morgan fingerprint density at radius 1 is 1.53 bits per heavy atom. The first kappa shape index (κ1) is 11.6. The highest BCUT2D eigenvalue weighted by Crippen LogP contribution is 2.25. The topological polar surface area (TPSA) is 80.4 Å². The first-order chi connectivity index (χ1) is 7.00. The van der Waals surface area contributed by atoms with Crippen LogP contribution in [0.3, 0.4) is 0 Å². The van der Waals surface area contributed by atoms with E-state index in [0.29, 0.717) is 10.9 Å². The molecule has 5 nitrogen and oxygen atoms in total. The van der Waals surface area contributed by atoms with Gasteiger partial charge in [-0.1, -0.05) is 6.07 Å². The van der Waals surface area contributed by atoms with Crippen molar-refractivity contribution in [3.8, 4) is 0 Å². The van der Waals surface area contributed by atoms with E-state index in [4.69, 9.17) is 5.11 Å². The summed E-state index contributed by atoms with van der Waals surface area (Å²) in [6.07, 6.45) is 0.385. The highest BCUT2D eigenvalue weighted by Gasteiger charge is 2.11. The van der Waals surface area contributed by atoms with Crippen LogP contribution >= 0.6 is 15.9 Å². The van der Waals surface area contributed by atoms with Gasteiger partial charge >= 0.3 is 5.97 Å². The number of carboxylic acids is 1. The van der Waals surface area contributed by atoms with Crippen molar-refractivity contribution in [3.63, 3.8) is 0 Å². The number of carbonyl (C=O) groups is 1. The van der Waals surface area contributed by atoms with E-state index < -0.39 is 10.9 Å². The van der Waals surface area contributed by atoms with E-state index in [1.54, 1.807) is 12.1 Å². The smallest absolute Gasteiger partial charge is 0.303 e. The summed E-state index contributed by atoms with van der Waals surface area (Å²) in [5.41, 5.74) is 0.740. The van der Waals surface area contributed by atoms with E-state index in [-0.39, 0.29) is 12.1 Å². The molecule has 0 aliphatic carbocycles. The summed E-state index contributed by atoms with van der Waals surface area (Å²) in [4.78, 5) is 20.3. The Morgan fingerprint density at radius 3 is 2.67 bits per heavy atom. The van der Waals surface area contributed by atoms with Gasteiger partial charge in [0.05, 0.1) is 9.40 Å². The van der Waals surface area contributed by atoms with Gasteiger partial charge in [0.2, 0.25) is 0 Å². The molecule has 0 atom stereocenters. The van der Waals surface area contributed by atoms with Gasteiger partial charge in [-0.2, -0.15) is 0 Å². The quantitative estimate of drug-likeness (QED) is 0.675. The maximum Gasteiger partial charge on any atom is 0.303 e. The Hall–Kier alpha value is -1.43. The zero-order valence-corrected chi connectivity index (χ0v) is 9.23. The van der Waals surface area contributed by atoms with Crippen molar-refractivity contribution in [3.05, 3.63) is 38.3 Å². The minimum atomic E-state index is -0.885. The van der Waals surface area contributed by atoms with Crippen LogP contribution in [0.1, 0.15) is 12.0 Å². The van der Waals surface area contributed by atoms with Gasteiger partial charge in [-0.05, 0) is 34.0 Å². The minimum absolute atomic E-state index is 0.0181. The van der Waals surface area contributed by atoms with Gasteiger partial charge < -0.3 is 5.11 Å². The van der Waals surface area contributed by atoms with Crippen molar-refractivity contribution in [1.82, 2.24) is 0 Å². The number of nitrogens with zero attached hydrogens (tertiary/aromatic N) is 1. The second kappa shape index (κ2) is 4.88. The molecule has 0 spiro atoms. The normalized spacial score (nSPS) is 9.93. The second-order valence-electron chi connectivity index (χ2n) is 2.94. The largest absolute Gasteiger partial charge is 0.481 e. The molecule has 0 aromatic heterocycles. The van der Waals surface area contributed by atoms with Crippen LogP contribution in [-0.4, -0.2) is 16.0 Å². The molecule has 0 unspecified atom stereocenters. The van der Waals surface area contributed by atoms with Crippen LogP contribution in [0.15, 0.2) is 22.7 Å². The van der Waals surface area contributed by atoms with Gasteiger partial charge in [-0.15, -0.1) is 0 Å². The molecular formula is C9H8BrNO4. The zero-order chi connectivity index (χ0) is 11.4. The van der Waals surface area contributed by atoms with Gasteiger partial charge in [0, 0.05) is 12.5 Å². The predicted molar refractivity (Wildman–Crippen MR) is 56.8 cm³/mol. The number of aliphatic carboxylic acids is 1. The molecule has 0 radical (unpaired) electrons. The first-order valence-electron chi connectivity index (χ1n) is 4.15. The van der Waals surface area contributed by atoms with Crippen molar-refractivity contribution in [2.45, 2.75) is 12.8 Å². The number of benzene rings is 1. The van der Waals surface area contributed by atoms with Gasteiger partial charge in [0.25, 0.3) is 5.69 Å². The van der Waals surface area contributed by atoms with E-state index >= 15 is 0 Å². The summed E-state index contributed by atoms with van der Waals surface area (Å²) in [6, 6.07) is 4.49. The Bertz CT molecular complexity index is 405. The van der Waals surface area contributed by atoms with E-state index in [9.17, 15) is 14.9 Å². The molecule has 0 heterocycles. The Labute approximate surface area is 94.0 Å². The summed E-state index contributed by atoms with van der Waals surface area (Å²) >= 11 is 3.07. The van der Waals surface area contributed by atoms with E-state index in [2.05, 4.69) is 15.9 Å². The van der Waals surface area contributed by atoms with Gasteiger partial charge in [-0.3, -0.25) is 14.9 Å². The van der Waals surface area contributed by atoms with Crippen molar-refractivity contribution in [1.29, 1.82) is 0 Å². The lowest BCUT2D eigenvalue weighted by Gasteiger charge is -2.00. The second-order valence-corrected chi connectivity index (χ2v) is 3.79. The molecular weight excluding hydrogens is 266 g/mol. The Morgan fingerprint density at radius 2 is 2.20 bits per heavy atom. The summed E-state index contributed by atoms with van der Waals surface area (Å²) in [5, 5.41) is 18.9. The number of nitro benzene ring substituents is 1. The molecule has 6 heteroatoms. The molecule has 1 aromatic rings. The van der Waals surface area contributed by atoms with E-state index in [1.807, 2.05) is 0 Å². The third kappa shape index (κ3) is 3.32. The summed E-state index contributed by atoms with van der Waals surface area (Å²) < 4.78 is 0.371. The predicted octanol–water partition coefficient (Wildman–Crippen LogP) is 2.37. The average Bonchev–Trinajstić information content (AvgIpc) is 2.14. The zero-order valence-electron chi connectivity index (χ0n) is 7.64. The summed E-state index contributed by atoms with van der Waals surface area (Å²) in [6.45, 7) is 0. The lowest BCUT2D eigenvalue weighted by Crippen LogP contribution is -1.98. The molecule has 0 saturated heterocycles. The molecule has 1 aromatic carbocycles. The molecule has 0 bridgehead atoms. The Balaban J connectivity index is 2.82. The highest BCUT2D eigenvalue weighted by atomic mass is 79.9. The molecule has 0 aliphatic heterocycles. The van der Waals surface area contributed by atoms with Crippen molar-refractivity contribution in [2.24, 2.45) is 0 Å². The fraction of sp³-hybridized carbons (Fsp3) is 0.222. The number of rotatable bonds is 4. The number of carboxylic acid groups (broad SMARTS) is 1. The molecule has 0 amide bonds. The van der Waals surface area contributed by atoms with Gasteiger partial charge in [-0.25, -0.2) is 0 Å². The number of aryl methyl sites for hydroxylation is 1. The van der Waals surface area contributed by atoms with Crippen LogP contribution in [0, 0.1) is 10.1 Å². The maximum atomic E-state index is 10.5. The number of hydrogen-bond acceptors (Lipinski definition) is 3. The van der Waals surface area contributed by atoms with Crippen LogP contribution in [0.2, 0.25) is 0 Å². The third-order valence-electron chi connectivity index (χ3n) is 1.84. The van der Waals surface area contributed by atoms with Crippen molar-refractivity contribution < 1.29 is 14.8 Å². The van der Waals surface area contributed by atoms with Gasteiger partial charge in [0.15, 0.2) is 0 Å². The fourth-order valence-electron chi connectivity index (χ4n) is 1.11. The van der Waals surface area contributed by atoms with Gasteiger partial charge in [0.1, 0.15) is 0 Å². The van der Waals surface area contributed by atoms with Crippen molar-refractivity contribution in [2.75, 3.05) is 0 Å². The van der Waals surface area contributed by atoms with Crippen LogP contribution in [0.25, 0.3) is 0 Å². The molecule has 0 saturated carbocycles. The highest BCUT2D eigenvalue weighted by molar-refractivity contribution is 9.10. The lowest BCUT2D eigenvalue weighted by atomic mass is 10.1. The number of nitro groups is 1. The number of halogens is 1. The van der Waals surface area contributed by atoms with E-state index in [1.165, 1.54) is 6.07 Å². The molecule has 1 rings (SSSR count). The molecule has 15 heavy (non-hydrogen) atoms. The molecule has 80 valence electrons. The van der Waals surface area contributed by atoms with Crippen molar-refractivity contribution >= 4 is 27.6 Å². The molecule has 1 N–H and O–H groups in total. The maximum absolute atomic E-state index is 10.5. The minimum Gasteiger partial charge on any atom is -0.481 e. The monoisotopic (exact) mass is 273 g/mol. The van der Waals surface area contributed by atoms with Crippen LogP contribution < -0.4 is 0 Å². The third-order valence-corrected chi connectivity index (χ3v) is 2.47. The molecule has 0 aliphatic rings. The first-order valence-corrected chi connectivity index (χ1v) is 4.94. The fourth-order valence-corrected chi connectivity index (χ4v) is 1.68. The van der Waals surface area contributed by atoms with Crippen LogP contribution in [0.4, 0.5) is 5.69 Å². The Kier molecular flexibility index (Phi) is 3.79. The van der Waals surface area contributed by atoms with Crippen LogP contribution in [-0.2, 0) is 11.2 Å². The average molecular weight is 274 g/mol. The SMILES string of the molecule is O=C(O)CCc1ccc([N+](=O)[O-])c(Br)c1. The summed E-state index contributed by atoms with van der Waals surface area (Å²) in [5.74, 6) is -0.885. The number of hydrogen-bond donors (Lipinski definition) is 1.